The quantitative estimate of drug-likeness (QED) is 0.191. The summed E-state index contributed by atoms with van der Waals surface area (Å²) >= 11 is 0. The first-order chi connectivity index (χ1) is 17.7. The molecule has 0 bridgehead atoms. The summed E-state index contributed by atoms with van der Waals surface area (Å²) in [5, 5.41) is 0. The van der Waals surface area contributed by atoms with Crippen molar-refractivity contribution in [3.05, 3.63) is 88.5 Å². The Labute approximate surface area is 211 Å². The van der Waals surface area contributed by atoms with E-state index in [-0.39, 0.29) is 18.1 Å². The van der Waals surface area contributed by atoms with Gasteiger partial charge in [-0.3, -0.25) is 0 Å². The number of benzene rings is 2. The first kappa shape index (κ1) is 27.4. The number of ether oxygens (including phenoxy) is 3. The van der Waals surface area contributed by atoms with Crippen molar-refractivity contribution in [2.75, 3.05) is 20.3 Å². The van der Waals surface area contributed by atoms with Crippen LogP contribution in [0.1, 0.15) is 54.9 Å². The summed E-state index contributed by atoms with van der Waals surface area (Å²) in [5.41, 5.74) is -0.0118. The summed E-state index contributed by atoms with van der Waals surface area (Å²) in [4.78, 5) is 0. The van der Waals surface area contributed by atoms with E-state index in [2.05, 4.69) is 0 Å². The topological polar surface area (TPSA) is 27.7 Å². The highest BCUT2D eigenvalue weighted by Crippen LogP contribution is 2.38. The van der Waals surface area contributed by atoms with Crippen LogP contribution >= 0.6 is 0 Å². The van der Waals surface area contributed by atoms with Gasteiger partial charge in [0.05, 0.1) is 24.4 Å². The molecule has 0 amide bonds. The van der Waals surface area contributed by atoms with Gasteiger partial charge in [0.15, 0.2) is 17.5 Å². The summed E-state index contributed by atoms with van der Waals surface area (Å²) in [6.45, 7) is 1.21. The third-order valence-electron chi connectivity index (χ3n) is 6.69. The lowest BCUT2D eigenvalue weighted by atomic mass is 9.91. The minimum Gasteiger partial charge on any atom is -0.385 e. The summed E-state index contributed by atoms with van der Waals surface area (Å²) in [6, 6.07) is 5.14. The molecule has 0 aromatic heterocycles. The Balaban J connectivity index is 1.36. The van der Waals surface area contributed by atoms with Gasteiger partial charge in [-0.05, 0) is 79.0 Å². The summed E-state index contributed by atoms with van der Waals surface area (Å²) in [7, 11) is 1.65. The molecule has 0 radical (unpaired) electrons. The van der Waals surface area contributed by atoms with Crippen molar-refractivity contribution in [1.82, 2.24) is 0 Å². The molecule has 2 aliphatic rings. The number of alkyl halides is 2. The van der Waals surface area contributed by atoms with E-state index in [1.807, 2.05) is 0 Å². The first-order valence-corrected chi connectivity index (χ1v) is 12.2. The summed E-state index contributed by atoms with van der Waals surface area (Å²) in [5.74, 6) is -4.99. The van der Waals surface area contributed by atoms with Crippen molar-refractivity contribution < 1.29 is 40.6 Å². The van der Waals surface area contributed by atoms with Gasteiger partial charge >= 0.3 is 6.11 Å². The van der Waals surface area contributed by atoms with Crippen LogP contribution in [-0.2, 0) is 20.3 Å². The van der Waals surface area contributed by atoms with Gasteiger partial charge in [-0.2, -0.15) is 8.78 Å². The molecule has 3 nitrogen and oxygen atoms in total. The highest BCUT2D eigenvalue weighted by atomic mass is 19.3. The zero-order chi connectivity index (χ0) is 26.6. The van der Waals surface area contributed by atoms with Crippen molar-refractivity contribution in [3.63, 3.8) is 0 Å². The molecule has 2 aromatic carbocycles. The minimum atomic E-state index is -3.92. The largest absolute Gasteiger partial charge is 0.386 e. The highest BCUT2D eigenvalue weighted by Gasteiger charge is 2.39. The van der Waals surface area contributed by atoms with Crippen LogP contribution in [0, 0.1) is 29.2 Å². The molecule has 1 saturated heterocycles. The van der Waals surface area contributed by atoms with Gasteiger partial charge in [0.1, 0.15) is 5.82 Å². The molecule has 1 fully saturated rings. The van der Waals surface area contributed by atoms with E-state index in [0.29, 0.717) is 36.7 Å². The Hall–Kier alpha value is -2.62. The Morgan fingerprint density at radius 2 is 1.76 bits per heavy atom. The molecule has 9 heteroatoms. The van der Waals surface area contributed by atoms with E-state index in [1.165, 1.54) is 24.3 Å². The van der Waals surface area contributed by atoms with Crippen LogP contribution in [0.3, 0.4) is 0 Å². The van der Waals surface area contributed by atoms with E-state index in [1.54, 1.807) is 7.11 Å². The van der Waals surface area contributed by atoms with Gasteiger partial charge in [-0.1, -0.05) is 24.3 Å². The fourth-order valence-corrected chi connectivity index (χ4v) is 4.66. The molecule has 0 saturated carbocycles. The van der Waals surface area contributed by atoms with Crippen molar-refractivity contribution >= 4 is 5.57 Å². The molecule has 37 heavy (non-hydrogen) atoms. The fraction of sp³-hybridized carbons (Fsp3) is 0.429. The van der Waals surface area contributed by atoms with Crippen LogP contribution in [0.5, 0.6) is 0 Å². The molecule has 3 atom stereocenters. The number of methoxy groups -OCH3 is 1. The molecular weight excluding hydrogens is 498 g/mol. The smallest absolute Gasteiger partial charge is 0.385 e. The minimum absolute atomic E-state index is 0.0524. The Bertz CT molecular complexity index is 1130. The van der Waals surface area contributed by atoms with Crippen LogP contribution in [0.2, 0.25) is 0 Å². The van der Waals surface area contributed by atoms with E-state index in [4.69, 9.17) is 14.2 Å². The Morgan fingerprint density at radius 3 is 2.35 bits per heavy atom. The van der Waals surface area contributed by atoms with Crippen LogP contribution < -0.4 is 0 Å². The average Bonchev–Trinajstić information content (AvgIpc) is 2.87. The van der Waals surface area contributed by atoms with Crippen molar-refractivity contribution in [2.24, 2.45) is 5.92 Å². The summed E-state index contributed by atoms with van der Waals surface area (Å²) in [6.07, 6.45) is 2.12. The molecule has 1 heterocycles. The Morgan fingerprint density at radius 1 is 1.00 bits per heavy atom. The Kier molecular flexibility index (Phi) is 8.77. The second-order valence-corrected chi connectivity index (χ2v) is 9.32. The van der Waals surface area contributed by atoms with Gasteiger partial charge in [0, 0.05) is 13.7 Å². The second-order valence-electron chi connectivity index (χ2n) is 9.32. The molecule has 1 aliphatic heterocycles. The standard InChI is InChI=1S/C28H28F6O3/c1-35-12-2-3-17-4-11-26(36-16-17)19-7-10-22(23(29)13-19)28(33,34)37-21-8-5-18(6-9-21)20-14-24(30)27(32)25(31)15-20/h5-8,10,13-15,17,21,26H,2-4,9,11-12,16H2,1H3. The van der Waals surface area contributed by atoms with Crippen molar-refractivity contribution in [3.8, 4) is 0 Å². The molecule has 4 rings (SSSR count). The van der Waals surface area contributed by atoms with Crippen LogP contribution in [0.15, 0.2) is 48.6 Å². The third kappa shape index (κ3) is 6.64. The summed E-state index contributed by atoms with van der Waals surface area (Å²) < 4.78 is 100. The van der Waals surface area contributed by atoms with Crippen molar-refractivity contribution in [2.45, 2.75) is 50.4 Å². The maximum absolute atomic E-state index is 14.8. The molecular formula is C28H28F6O3. The molecule has 0 N–H and O–H groups in total. The third-order valence-corrected chi connectivity index (χ3v) is 6.69. The lowest BCUT2D eigenvalue weighted by Crippen LogP contribution is -2.27. The normalized spacial score (nSPS) is 22.2. The lowest BCUT2D eigenvalue weighted by Gasteiger charge is -2.30. The SMILES string of the molecule is COCCCC1CCC(c2ccc(C(F)(F)OC3C=CC(c4cc(F)c(F)c(F)c4)=CC3)c(F)c2)OC1. The molecule has 200 valence electrons. The van der Waals surface area contributed by atoms with E-state index in [0.717, 1.165) is 43.5 Å². The van der Waals surface area contributed by atoms with E-state index >= 15 is 0 Å². The van der Waals surface area contributed by atoms with E-state index < -0.39 is 41.0 Å². The van der Waals surface area contributed by atoms with Gasteiger partial charge < -0.3 is 14.2 Å². The monoisotopic (exact) mass is 526 g/mol. The maximum Gasteiger partial charge on any atom is 0.386 e. The fourth-order valence-electron chi connectivity index (χ4n) is 4.66. The maximum atomic E-state index is 14.8. The number of hydrogen-bond acceptors (Lipinski definition) is 3. The highest BCUT2D eigenvalue weighted by molar-refractivity contribution is 5.75. The molecule has 3 unspecified atom stereocenters. The van der Waals surface area contributed by atoms with Gasteiger partial charge in [-0.25, -0.2) is 17.6 Å². The zero-order valence-electron chi connectivity index (χ0n) is 20.3. The molecule has 1 aliphatic carbocycles. The van der Waals surface area contributed by atoms with Crippen LogP contribution in [0.25, 0.3) is 5.57 Å². The van der Waals surface area contributed by atoms with Crippen molar-refractivity contribution in [1.29, 1.82) is 0 Å². The number of allylic oxidation sites excluding steroid dienone is 2. The zero-order valence-corrected chi connectivity index (χ0v) is 20.3. The lowest BCUT2D eigenvalue weighted by molar-refractivity contribution is -0.265. The average molecular weight is 527 g/mol. The number of hydrogen-bond donors (Lipinski definition) is 0. The predicted molar refractivity (Wildman–Crippen MR) is 126 cm³/mol. The number of halogens is 6. The van der Waals surface area contributed by atoms with E-state index in [9.17, 15) is 26.3 Å². The van der Waals surface area contributed by atoms with Gasteiger partial charge in [0.25, 0.3) is 0 Å². The predicted octanol–water partition coefficient (Wildman–Crippen LogP) is 7.62. The second kappa shape index (κ2) is 11.8. The van der Waals surface area contributed by atoms with Crippen LogP contribution in [0.4, 0.5) is 26.3 Å². The first-order valence-electron chi connectivity index (χ1n) is 12.2. The molecule has 0 spiro atoms. The van der Waals surface area contributed by atoms with Gasteiger partial charge in [-0.15, -0.1) is 0 Å². The van der Waals surface area contributed by atoms with Crippen LogP contribution in [-0.4, -0.2) is 26.4 Å². The van der Waals surface area contributed by atoms with Gasteiger partial charge in [0.2, 0.25) is 0 Å². The molecule has 2 aromatic rings. The number of rotatable bonds is 9.